The monoisotopic (exact) mass is 178 g/mol. The first-order valence-electron chi connectivity index (χ1n) is 4.40. The van der Waals surface area contributed by atoms with E-state index < -0.39 is 5.60 Å². The molecule has 0 aliphatic rings. The van der Waals surface area contributed by atoms with Gasteiger partial charge in [-0.05, 0) is 25.5 Å². The average Bonchev–Trinajstić information content (AvgIpc) is 2.19. The molecule has 0 saturated carbocycles. The Balaban J connectivity index is 2.73. The van der Waals surface area contributed by atoms with E-state index in [4.69, 9.17) is 4.74 Å². The minimum Gasteiger partial charge on any atom is -0.480 e. The fourth-order valence-electron chi connectivity index (χ4n) is 0.937. The number of para-hydroxylation sites is 1. The second kappa shape index (κ2) is 4.08. The molecule has 0 fully saturated rings. The molecule has 0 aromatic heterocycles. The fourth-order valence-corrected chi connectivity index (χ4v) is 0.937. The molecule has 0 aliphatic carbocycles. The summed E-state index contributed by atoms with van der Waals surface area (Å²) in [6, 6.07) is 9.37. The van der Waals surface area contributed by atoms with Gasteiger partial charge in [0.1, 0.15) is 5.75 Å². The van der Waals surface area contributed by atoms with Crippen molar-refractivity contribution in [1.29, 1.82) is 0 Å². The topological polar surface area (TPSA) is 26.3 Å². The molecule has 0 amide bonds. The molecule has 0 spiro atoms. The molecular formula is C11H14O2. The van der Waals surface area contributed by atoms with Crippen LogP contribution in [0, 0.1) is 0 Å². The van der Waals surface area contributed by atoms with E-state index in [9.17, 15) is 4.79 Å². The van der Waals surface area contributed by atoms with Crippen LogP contribution in [0.15, 0.2) is 30.3 Å². The number of benzene rings is 1. The predicted molar refractivity (Wildman–Crippen MR) is 51.8 cm³/mol. The predicted octanol–water partition coefficient (Wildman–Crippen LogP) is 2.43. The summed E-state index contributed by atoms with van der Waals surface area (Å²) in [5.41, 5.74) is -0.693. The van der Waals surface area contributed by atoms with E-state index in [1.54, 1.807) is 6.92 Å². The van der Waals surface area contributed by atoms with Gasteiger partial charge in [0.2, 0.25) is 0 Å². The number of hydrogen-bond acceptors (Lipinski definition) is 2. The normalized spacial score (nSPS) is 14.6. The SMILES string of the molecule is CCC(C)(C=O)Oc1ccccc1. The zero-order valence-electron chi connectivity index (χ0n) is 7.99. The number of rotatable bonds is 4. The average molecular weight is 178 g/mol. The lowest BCUT2D eigenvalue weighted by Crippen LogP contribution is -2.33. The first-order chi connectivity index (χ1) is 6.20. The maximum Gasteiger partial charge on any atom is 0.163 e. The number of hydrogen-bond donors (Lipinski definition) is 0. The molecule has 1 unspecified atom stereocenters. The van der Waals surface area contributed by atoms with Gasteiger partial charge < -0.3 is 4.74 Å². The zero-order valence-corrected chi connectivity index (χ0v) is 7.99. The summed E-state index contributed by atoms with van der Waals surface area (Å²) in [5.74, 6) is 0.735. The van der Waals surface area contributed by atoms with Gasteiger partial charge in [-0.15, -0.1) is 0 Å². The Morgan fingerprint density at radius 3 is 2.46 bits per heavy atom. The van der Waals surface area contributed by atoms with Crippen LogP contribution in [-0.2, 0) is 4.79 Å². The van der Waals surface area contributed by atoms with Crippen molar-refractivity contribution in [3.8, 4) is 5.75 Å². The molecular weight excluding hydrogens is 164 g/mol. The molecule has 1 aromatic rings. The number of ether oxygens (including phenoxy) is 1. The molecule has 70 valence electrons. The van der Waals surface area contributed by atoms with Gasteiger partial charge in [-0.3, -0.25) is 4.79 Å². The minimum absolute atomic E-state index is 0.672. The highest BCUT2D eigenvalue weighted by atomic mass is 16.5. The van der Waals surface area contributed by atoms with Crippen molar-refractivity contribution in [3.05, 3.63) is 30.3 Å². The van der Waals surface area contributed by atoms with E-state index >= 15 is 0 Å². The fraction of sp³-hybridized carbons (Fsp3) is 0.364. The van der Waals surface area contributed by atoms with E-state index in [1.807, 2.05) is 37.3 Å². The van der Waals surface area contributed by atoms with Gasteiger partial charge >= 0.3 is 0 Å². The number of carbonyl (C=O) groups is 1. The largest absolute Gasteiger partial charge is 0.480 e. The maximum atomic E-state index is 10.7. The van der Waals surface area contributed by atoms with Crippen LogP contribution in [0.25, 0.3) is 0 Å². The van der Waals surface area contributed by atoms with Crippen molar-refractivity contribution in [2.75, 3.05) is 0 Å². The first-order valence-corrected chi connectivity index (χ1v) is 4.40. The van der Waals surface area contributed by atoms with E-state index in [1.165, 1.54) is 0 Å². The van der Waals surface area contributed by atoms with E-state index in [0.29, 0.717) is 6.42 Å². The minimum atomic E-state index is -0.693. The molecule has 1 rings (SSSR count). The summed E-state index contributed by atoms with van der Waals surface area (Å²) in [4.78, 5) is 10.7. The third kappa shape index (κ3) is 2.58. The van der Waals surface area contributed by atoms with E-state index in [-0.39, 0.29) is 0 Å². The Kier molecular flexibility index (Phi) is 3.07. The highest BCUT2D eigenvalue weighted by molar-refractivity contribution is 5.62. The molecule has 2 heteroatoms. The quantitative estimate of drug-likeness (QED) is 0.662. The second-order valence-corrected chi connectivity index (χ2v) is 3.20. The third-order valence-electron chi connectivity index (χ3n) is 2.05. The van der Waals surface area contributed by atoms with Gasteiger partial charge in [0.05, 0.1) is 0 Å². The van der Waals surface area contributed by atoms with Crippen LogP contribution in [0.3, 0.4) is 0 Å². The van der Waals surface area contributed by atoms with Crippen molar-refractivity contribution < 1.29 is 9.53 Å². The van der Waals surface area contributed by atoms with Gasteiger partial charge in [0.25, 0.3) is 0 Å². The Bertz CT molecular complexity index is 269. The molecule has 0 radical (unpaired) electrons. The standard InChI is InChI=1S/C11H14O2/c1-3-11(2,9-12)13-10-7-5-4-6-8-10/h4-9H,3H2,1-2H3. The van der Waals surface area contributed by atoms with Crippen molar-refractivity contribution in [2.45, 2.75) is 25.9 Å². The molecule has 1 aromatic carbocycles. The van der Waals surface area contributed by atoms with Gasteiger partial charge in [-0.2, -0.15) is 0 Å². The van der Waals surface area contributed by atoms with Crippen molar-refractivity contribution in [3.63, 3.8) is 0 Å². The van der Waals surface area contributed by atoms with Crippen LogP contribution >= 0.6 is 0 Å². The summed E-state index contributed by atoms with van der Waals surface area (Å²) in [7, 11) is 0. The Morgan fingerprint density at radius 2 is 2.00 bits per heavy atom. The van der Waals surface area contributed by atoms with Gasteiger partial charge in [-0.25, -0.2) is 0 Å². The van der Waals surface area contributed by atoms with Gasteiger partial charge in [0, 0.05) is 0 Å². The molecule has 0 N–H and O–H groups in total. The molecule has 2 nitrogen and oxygen atoms in total. The van der Waals surface area contributed by atoms with E-state index in [2.05, 4.69) is 0 Å². The lowest BCUT2D eigenvalue weighted by atomic mass is 10.1. The van der Waals surface area contributed by atoms with Crippen molar-refractivity contribution in [1.82, 2.24) is 0 Å². The number of aldehydes is 1. The highest BCUT2D eigenvalue weighted by Gasteiger charge is 2.22. The summed E-state index contributed by atoms with van der Waals surface area (Å²) in [6.07, 6.45) is 1.52. The molecule has 0 heterocycles. The summed E-state index contributed by atoms with van der Waals surface area (Å²) in [6.45, 7) is 3.71. The van der Waals surface area contributed by atoms with Crippen LogP contribution in [0.4, 0.5) is 0 Å². The number of carbonyl (C=O) groups excluding carboxylic acids is 1. The zero-order chi connectivity index (χ0) is 9.73. The molecule has 1 atom stereocenters. The van der Waals surface area contributed by atoms with Gasteiger partial charge in [0.15, 0.2) is 11.9 Å². The summed E-state index contributed by atoms with van der Waals surface area (Å²) >= 11 is 0. The second-order valence-electron chi connectivity index (χ2n) is 3.20. The lowest BCUT2D eigenvalue weighted by Gasteiger charge is -2.22. The molecule has 13 heavy (non-hydrogen) atoms. The smallest absolute Gasteiger partial charge is 0.163 e. The highest BCUT2D eigenvalue weighted by Crippen LogP contribution is 2.18. The molecule has 0 saturated heterocycles. The van der Waals surface area contributed by atoms with Crippen LogP contribution < -0.4 is 4.74 Å². The third-order valence-corrected chi connectivity index (χ3v) is 2.05. The summed E-state index contributed by atoms with van der Waals surface area (Å²) < 4.78 is 5.53. The summed E-state index contributed by atoms with van der Waals surface area (Å²) in [5, 5.41) is 0. The Hall–Kier alpha value is -1.31. The van der Waals surface area contributed by atoms with Crippen molar-refractivity contribution in [2.24, 2.45) is 0 Å². The molecule has 0 aliphatic heterocycles. The molecule has 0 bridgehead atoms. The van der Waals surface area contributed by atoms with Crippen LogP contribution in [0.5, 0.6) is 5.75 Å². The van der Waals surface area contributed by atoms with Gasteiger partial charge in [-0.1, -0.05) is 25.1 Å². The van der Waals surface area contributed by atoms with Crippen LogP contribution in [0.1, 0.15) is 20.3 Å². The Morgan fingerprint density at radius 1 is 1.38 bits per heavy atom. The Labute approximate surface area is 78.5 Å². The maximum absolute atomic E-state index is 10.7. The van der Waals surface area contributed by atoms with E-state index in [0.717, 1.165) is 12.0 Å². The van der Waals surface area contributed by atoms with Crippen LogP contribution in [-0.4, -0.2) is 11.9 Å². The lowest BCUT2D eigenvalue weighted by molar-refractivity contribution is -0.120. The van der Waals surface area contributed by atoms with Crippen molar-refractivity contribution >= 4 is 6.29 Å². The first kappa shape index (κ1) is 9.78. The van der Waals surface area contributed by atoms with Crippen LogP contribution in [0.2, 0.25) is 0 Å².